The van der Waals surface area contributed by atoms with Crippen LogP contribution in [0.25, 0.3) is 0 Å². The third-order valence-corrected chi connectivity index (χ3v) is 2.73. The summed E-state index contributed by atoms with van der Waals surface area (Å²) in [5.41, 5.74) is -0.623. The Kier molecular flexibility index (Phi) is 8.91. The van der Waals surface area contributed by atoms with Crippen LogP contribution in [0.1, 0.15) is 33.6 Å². The van der Waals surface area contributed by atoms with Crippen molar-refractivity contribution in [2.24, 2.45) is 5.92 Å². The number of esters is 1. The highest BCUT2D eigenvalue weighted by Gasteiger charge is 2.23. The van der Waals surface area contributed by atoms with Gasteiger partial charge in [0.05, 0.1) is 7.11 Å². The van der Waals surface area contributed by atoms with E-state index in [4.69, 9.17) is 4.74 Å². The molecule has 1 atom stereocenters. The third kappa shape index (κ3) is 9.00. The molecule has 5 nitrogen and oxygen atoms in total. The van der Waals surface area contributed by atoms with Crippen molar-refractivity contribution in [2.75, 3.05) is 7.11 Å². The van der Waals surface area contributed by atoms with Gasteiger partial charge in [0.1, 0.15) is 11.6 Å². The van der Waals surface area contributed by atoms with Gasteiger partial charge >= 0.3 is 12.1 Å². The normalized spacial score (nSPS) is 12.8. The second-order valence-corrected chi connectivity index (χ2v) is 5.80. The Bertz CT molecular complexity index is 413. The Labute approximate surface area is 133 Å². The van der Waals surface area contributed by atoms with E-state index < -0.39 is 23.7 Å². The molecule has 0 aromatic heterocycles. The van der Waals surface area contributed by atoms with E-state index in [9.17, 15) is 9.59 Å². The SMILES string of the molecule is C=CC(C=C)C/C=C/C[C@H](NC(=O)OC(C)(C)C)C(=O)OC. The summed E-state index contributed by atoms with van der Waals surface area (Å²) in [6, 6.07) is -0.776. The number of hydrogen-bond donors (Lipinski definition) is 1. The first-order chi connectivity index (χ1) is 10.2. The molecule has 0 aliphatic heterocycles. The molecule has 0 heterocycles. The smallest absolute Gasteiger partial charge is 0.408 e. The summed E-state index contributed by atoms with van der Waals surface area (Å²) in [7, 11) is 1.28. The quantitative estimate of drug-likeness (QED) is 0.551. The number of nitrogens with one attached hydrogen (secondary N) is 1. The summed E-state index contributed by atoms with van der Waals surface area (Å²) in [6.07, 6.45) is 7.76. The van der Waals surface area contributed by atoms with Crippen molar-refractivity contribution in [2.45, 2.75) is 45.3 Å². The van der Waals surface area contributed by atoms with E-state index in [-0.39, 0.29) is 5.92 Å². The Morgan fingerprint density at radius 3 is 2.14 bits per heavy atom. The van der Waals surface area contributed by atoms with Crippen molar-refractivity contribution >= 4 is 12.1 Å². The zero-order valence-electron chi connectivity index (χ0n) is 13.9. The minimum Gasteiger partial charge on any atom is -0.467 e. The second-order valence-electron chi connectivity index (χ2n) is 5.80. The minimum absolute atomic E-state index is 0.187. The number of ether oxygens (including phenoxy) is 2. The first-order valence-electron chi connectivity index (χ1n) is 7.21. The maximum atomic E-state index is 11.7. The largest absolute Gasteiger partial charge is 0.467 e. The van der Waals surface area contributed by atoms with Gasteiger partial charge in [-0.1, -0.05) is 24.3 Å². The molecular formula is C17H27NO4. The van der Waals surface area contributed by atoms with Gasteiger partial charge in [-0.15, -0.1) is 13.2 Å². The van der Waals surface area contributed by atoms with Gasteiger partial charge in [-0.25, -0.2) is 9.59 Å². The lowest BCUT2D eigenvalue weighted by atomic mass is 10.1. The number of carbonyl (C=O) groups excluding carboxylic acids is 2. The summed E-state index contributed by atoms with van der Waals surface area (Å²) in [5, 5.41) is 2.51. The van der Waals surface area contributed by atoms with Gasteiger partial charge in [-0.2, -0.15) is 0 Å². The Morgan fingerprint density at radius 2 is 1.68 bits per heavy atom. The van der Waals surface area contributed by atoms with Crippen molar-refractivity contribution in [1.29, 1.82) is 0 Å². The van der Waals surface area contributed by atoms with E-state index in [0.29, 0.717) is 6.42 Å². The predicted octanol–water partition coefficient (Wildman–Crippen LogP) is 3.38. The van der Waals surface area contributed by atoms with E-state index in [0.717, 1.165) is 6.42 Å². The Hall–Kier alpha value is -2.04. The molecule has 0 aromatic rings. The average Bonchev–Trinajstić information content (AvgIpc) is 2.43. The molecule has 0 fully saturated rings. The first-order valence-corrected chi connectivity index (χ1v) is 7.21. The Balaban J connectivity index is 4.56. The molecule has 0 saturated carbocycles. The van der Waals surface area contributed by atoms with Crippen LogP contribution < -0.4 is 5.32 Å². The molecule has 1 N–H and O–H groups in total. The van der Waals surface area contributed by atoms with Gasteiger partial charge in [0.2, 0.25) is 0 Å². The van der Waals surface area contributed by atoms with Crippen molar-refractivity contribution in [3.8, 4) is 0 Å². The molecule has 0 spiro atoms. The van der Waals surface area contributed by atoms with Crippen LogP contribution in [-0.2, 0) is 14.3 Å². The Morgan fingerprint density at radius 1 is 1.14 bits per heavy atom. The van der Waals surface area contributed by atoms with Crippen LogP contribution in [0.2, 0.25) is 0 Å². The van der Waals surface area contributed by atoms with E-state index >= 15 is 0 Å². The van der Waals surface area contributed by atoms with E-state index in [1.54, 1.807) is 32.9 Å². The highest BCUT2D eigenvalue weighted by molar-refractivity contribution is 5.81. The van der Waals surface area contributed by atoms with Crippen LogP contribution in [0.15, 0.2) is 37.5 Å². The second kappa shape index (κ2) is 9.82. The molecule has 0 radical (unpaired) electrons. The fourth-order valence-electron chi connectivity index (χ4n) is 1.58. The highest BCUT2D eigenvalue weighted by Crippen LogP contribution is 2.09. The summed E-state index contributed by atoms with van der Waals surface area (Å²) < 4.78 is 9.82. The number of rotatable bonds is 8. The molecule has 0 rings (SSSR count). The van der Waals surface area contributed by atoms with Gasteiger partial charge in [0.15, 0.2) is 0 Å². The van der Waals surface area contributed by atoms with Gasteiger partial charge in [0.25, 0.3) is 0 Å². The molecule has 124 valence electrons. The molecule has 1 amide bonds. The number of carbonyl (C=O) groups is 2. The third-order valence-electron chi connectivity index (χ3n) is 2.73. The maximum Gasteiger partial charge on any atom is 0.408 e. The van der Waals surface area contributed by atoms with Crippen LogP contribution in [-0.4, -0.2) is 30.8 Å². The fourth-order valence-corrected chi connectivity index (χ4v) is 1.58. The molecule has 0 bridgehead atoms. The molecule has 22 heavy (non-hydrogen) atoms. The summed E-state index contributed by atoms with van der Waals surface area (Å²) >= 11 is 0. The number of hydrogen-bond acceptors (Lipinski definition) is 4. The lowest BCUT2D eigenvalue weighted by Gasteiger charge is -2.22. The van der Waals surface area contributed by atoms with Crippen molar-refractivity contribution in [3.05, 3.63) is 37.5 Å². The van der Waals surface area contributed by atoms with Crippen molar-refractivity contribution in [1.82, 2.24) is 5.32 Å². The van der Waals surface area contributed by atoms with Gasteiger partial charge in [-0.3, -0.25) is 0 Å². The fraction of sp³-hybridized carbons (Fsp3) is 0.529. The molecule has 0 aliphatic carbocycles. The number of allylic oxidation sites excluding steroid dienone is 3. The number of alkyl carbamates (subject to hydrolysis) is 1. The van der Waals surface area contributed by atoms with Crippen LogP contribution >= 0.6 is 0 Å². The van der Waals surface area contributed by atoms with E-state index in [2.05, 4.69) is 23.2 Å². The topological polar surface area (TPSA) is 64.6 Å². The lowest BCUT2D eigenvalue weighted by Crippen LogP contribution is -2.43. The zero-order chi connectivity index (χ0) is 17.2. The minimum atomic E-state index is -0.776. The monoisotopic (exact) mass is 309 g/mol. The maximum absolute atomic E-state index is 11.7. The van der Waals surface area contributed by atoms with Crippen LogP contribution in [0.4, 0.5) is 4.79 Å². The predicted molar refractivity (Wildman–Crippen MR) is 87.4 cm³/mol. The van der Waals surface area contributed by atoms with Gasteiger partial charge < -0.3 is 14.8 Å². The summed E-state index contributed by atoms with van der Waals surface area (Å²) in [5.74, 6) is -0.328. The highest BCUT2D eigenvalue weighted by atomic mass is 16.6. The van der Waals surface area contributed by atoms with E-state index in [1.807, 2.05) is 12.2 Å². The van der Waals surface area contributed by atoms with Crippen LogP contribution in [0.5, 0.6) is 0 Å². The van der Waals surface area contributed by atoms with Crippen molar-refractivity contribution in [3.63, 3.8) is 0 Å². The van der Waals surface area contributed by atoms with Crippen LogP contribution in [0.3, 0.4) is 0 Å². The molecule has 0 unspecified atom stereocenters. The first kappa shape index (κ1) is 20.0. The standard InChI is InChI=1S/C17H27NO4/c1-7-13(8-2)11-9-10-12-14(15(19)21-6)18-16(20)22-17(3,4)5/h7-10,13-14H,1-2,11-12H2,3-6H3,(H,18,20)/b10-9+/t14-/m0/s1. The average molecular weight is 309 g/mol. The molecule has 0 aromatic carbocycles. The van der Waals surface area contributed by atoms with Crippen LogP contribution in [0, 0.1) is 5.92 Å². The van der Waals surface area contributed by atoms with Gasteiger partial charge in [0, 0.05) is 0 Å². The van der Waals surface area contributed by atoms with Crippen molar-refractivity contribution < 1.29 is 19.1 Å². The van der Waals surface area contributed by atoms with E-state index in [1.165, 1.54) is 7.11 Å². The molecule has 0 saturated heterocycles. The van der Waals surface area contributed by atoms with Gasteiger partial charge in [-0.05, 0) is 39.5 Å². The molecule has 0 aliphatic rings. The zero-order valence-corrected chi connectivity index (χ0v) is 13.9. The molecule has 5 heteroatoms. The number of amides is 1. The number of methoxy groups -OCH3 is 1. The molecular weight excluding hydrogens is 282 g/mol. The summed E-state index contributed by atoms with van der Waals surface area (Å²) in [6.45, 7) is 12.7. The lowest BCUT2D eigenvalue weighted by molar-refractivity contribution is -0.143. The summed E-state index contributed by atoms with van der Waals surface area (Å²) in [4.78, 5) is 23.4.